The highest BCUT2D eigenvalue weighted by atomic mass is 16.4. The zero-order valence-electron chi connectivity index (χ0n) is 13.0. The molecule has 1 aromatic rings. The highest BCUT2D eigenvalue weighted by Gasteiger charge is 2.63. The minimum Gasteiger partial charge on any atom is -0.477 e. The molecule has 0 saturated carbocycles. The van der Waals surface area contributed by atoms with Gasteiger partial charge in [-0.25, -0.2) is 9.28 Å². The summed E-state index contributed by atoms with van der Waals surface area (Å²) in [6.07, 6.45) is -0.799. The minimum atomic E-state index is -1.34. The van der Waals surface area contributed by atoms with Crippen molar-refractivity contribution in [1.82, 2.24) is 4.90 Å². The van der Waals surface area contributed by atoms with Gasteiger partial charge in [-0.3, -0.25) is 4.90 Å². The first-order chi connectivity index (χ1) is 10.4. The van der Waals surface area contributed by atoms with E-state index >= 15 is 0 Å². The molecule has 1 aromatic carbocycles. The lowest BCUT2D eigenvalue weighted by molar-refractivity contribution is -0.917. The van der Waals surface area contributed by atoms with Gasteiger partial charge in [-0.15, -0.1) is 0 Å². The average molecular weight is 307 g/mol. The number of rotatable bonds is 4. The van der Waals surface area contributed by atoms with Gasteiger partial charge < -0.3 is 10.2 Å². The number of hydrogen-bond donors (Lipinski definition) is 2. The molecule has 1 aliphatic rings. The molecule has 2 rings (SSSR count). The largest absolute Gasteiger partial charge is 0.514 e. The van der Waals surface area contributed by atoms with Crippen LogP contribution in [0.2, 0.25) is 0 Å². The molecule has 0 aliphatic carbocycles. The Morgan fingerprint density at radius 1 is 1.27 bits per heavy atom. The van der Waals surface area contributed by atoms with Crippen LogP contribution in [-0.2, 0) is 11.3 Å². The smallest absolute Gasteiger partial charge is 0.477 e. The molecule has 22 heavy (non-hydrogen) atoms. The van der Waals surface area contributed by atoms with Crippen LogP contribution in [-0.4, -0.2) is 63.9 Å². The fourth-order valence-corrected chi connectivity index (χ4v) is 3.50. The first kappa shape index (κ1) is 16.5. The zero-order chi connectivity index (χ0) is 16.4. The van der Waals surface area contributed by atoms with Crippen molar-refractivity contribution in [3.8, 4) is 0 Å². The van der Waals surface area contributed by atoms with Gasteiger partial charge in [-0.05, 0) is 7.05 Å². The number of carboxylic acid groups (broad SMARTS) is 2. The van der Waals surface area contributed by atoms with Crippen LogP contribution >= 0.6 is 0 Å². The van der Waals surface area contributed by atoms with E-state index in [9.17, 15) is 19.8 Å². The quantitative estimate of drug-likeness (QED) is 0.830. The summed E-state index contributed by atoms with van der Waals surface area (Å²) in [6.45, 7) is 3.02. The molecule has 0 radical (unpaired) electrons. The second-order valence-electron chi connectivity index (χ2n) is 6.05. The molecular formula is C16H23N2O4+. The van der Waals surface area contributed by atoms with Gasteiger partial charge in [0.25, 0.3) is 0 Å². The molecule has 1 amide bonds. The number of hydrogen-bond acceptors (Lipinski definition) is 3. The molecule has 6 nitrogen and oxygen atoms in total. The molecule has 1 heterocycles. The number of amides is 1. The van der Waals surface area contributed by atoms with Crippen molar-refractivity contribution in [1.29, 1.82) is 0 Å². The molecule has 2 N–H and O–H groups in total. The van der Waals surface area contributed by atoms with Crippen molar-refractivity contribution in [3.05, 3.63) is 35.9 Å². The number of piperazine rings is 1. The predicted octanol–water partition coefficient (Wildman–Crippen LogP) is 1.86. The van der Waals surface area contributed by atoms with Crippen molar-refractivity contribution in [3.63, 3.8) is 0 Å². The third kappa shape index (κ3) is 2.48. The summed E-state index contributed by atoms with van der Waals surface area (Å²) in [5.41, 5.74) is -0.497. The lowest BCUT2D eigenvalue weighted by Crippen LogP contribution is -2.77. The summed E-state index contributed by atoms with van der Waals surface area (Å²) >= 11 is 0. The molecule has 1 aliphatic heterocycles. The van der Waals surface area contributed by atoms with Crippen molar-refractivity contribution < 1.29 is 24.3 Å². The Morgan fingerprint density at radius 3 is 2.41 bits per heavy atom. The molecule has 0 spiro atoms. The topological polar surface area (TPSA) is 77.8 Å². The van der Waals surface area contributed by atoms with Crippen LogP contribution in [0.15, 0.2) is 30.3 Å². The van der Waals surface area contributed by atoms with E-state index in [0.717, 1.165) is 5.56 Å². The van der Waals surface area contributed by atoms with Crippen molar-refractivity contribution in [2.75, 3.05) is 26.7 Å². The third-order valence-electron chi connectivity index (χ3n) is 4.86. The number of carboxylic acids is 1. The molecule has 1 unspecified atom stereocenters. The second-order valence-corrected chi connectivity index (χ2v) is 6.05. The van der Waals surface area contributed by atoms with E-state index in [0.29, 0.717) is 6.54 Å². The van der Waals surface area contributed by atoms with Gasteiger partial charge in [-0.2, -0.15) is 4.79 Å². The standard InChI is InChI=1S/C16H22N2O4/c1-3-16(14(19)20)12-17(2)9-10-18(16,15(21)22)11-13-7-5-4-6-8-13/h4-8H,3,9-12H2,1-2H3,(H-,19,20,21,22)/p+1/t16?,18-/m0/s1. The molecule has 120 valence electrons. The van der Waals surface area contributed by atoms with Crippen LogP contribution < -0.4 is 0 Å². The van der Waals surface area contributed by atoms with Crippen LogP contribution in [0.3, 0.4) is 0 Å². The Labute approximate surface area is 130 Å². The van der Waals surface area contributed by atoms with E-state index in [1.807, 2.05) is 42.3 Å². The van der Waals surface area contributed by atoms with Crippen molar-refractivity contribution >= 4 is 12.1 Å². The highest BCUT2D eigenvalue weighted by Crippen LogP contribution is 2.36. The summed E-state index contributed by atoms with van der Waals surface area (Å²) in [6, 6.07) is 9.26. The summed E-state index contributed by atoms with van der Waals surface area (Å²) < 4.78 is -0.451. The zero-order valence-corrected chi connectivity index (χ0v) is 13.0. The van der Waals surface area contributed by atoms with Crippen LogP contribution in [0.5, 0.6) is 0 Å². The van der Waals surface area contributed by atoms with E-state index < -0.39 is 22.1 Å². The van der Waals surface area contributed by atoms with Gasteiger partial charge >= 0.3 is 12.1 Å². The van der Waals surface area contributed by atoms with E-state index in [1.54, 1.807) is 6.92 Å². The van der Waals surface area contributed by atoms with Crippen molar-refractivity contribution in [2.45, 2.75) is 25.4 Å². The summed E-state index contributed by atoms with van der Waals surface area (Å²) in [7, 11) is 1.84. The Morgan fingerprint density at radius 2 is 1.91 bits per heavy atom. The van der Waals surface area contributed by atoms with E-state index in [-0.39, 0.29) is 26.1 Å². The normalized spacial score (nSPS) is 29.2. The van der Waals surface area contributed by atoms with E-state index in [1.165, 1.54) is 0 Å². The highest BCUT2D eigenvalue weighted by molar-refractivity contribution is 5.80. The summed E-state index contributed by atoms with van der Waals surface area (Å²) in [5.74, 6) is -1.04. The molecule has 2 atom stereocenters. The molecule has 1 saturated heterocycles. The molecule has 6 heteroatoms. The monoisotopic (exact) mass is 307 g/mol. The Bertz CT molecular complexity index is 563. The molecular weight excluding hydrogens is 284 g/mol. The van der Waals surface area contributed by atoms with Crippen LogP contribution in [0.25, 0.3) is 0 Å². The van der Waals surface area contributed by atoms with Crippen LogP contribution in [0.4, 0.5) is 4.79 Å². The fourth-order valence-electron chi connectivity index (χ4n) is 3.50. The van der Waals surface area contributed by atoms with E-state index in [2.05, 4.69) is 0 Å². The predicted molar refractivity (Wildman–Crippen MR) is 81.5 cm³/mol. The first-order valence-electron chi connectivity index (χ1n) is 7.44. The SMILES string of the molecule is CCC1(C(=O)O)CN(C)CC[N@+]1(Cc1ccccc1)C(=O)O. The number of likely N-dealkylation sites (N-methyl/N-ethyl adjacent to an activating group) is 1. The number of carbonyl (C=O) groups is 2. The summed E-state index contributed by atoms with van der Waals surface area (Å²) in [4.78, 5) is 26.1. The molecule has 0 aromatic heterocycles. The molecule has 0 bridgehead atoms. The summed E-state index contributed by atoms with van der Waals surface area (Å²) in [5, 5.41) is 19.8. The first-order valence-corrected chi connectivity index (χ1v) is 7.44. The maximum Gasteiger partial charge on any atom is 0.514 e. The second kappa shape index (κ2) is 6.06. The lowest BCUT2D eigenvalue weighted by atomic mass is 9.86. The number of quaternary nitrogens is 1. The Kier molecular flexibility index (Phi) is 4.53. The Hall–Kier alpha value is -1.92. The van der Waals surface area contributed by atoms with Gasteiger partial charge in [0.15, 0.2) is 0 Å². The van der Waals surface area contributed by atoms with Gasteiger partial charge in [0.05, 0.1) is 6.54 Å². The number of benzene rings is 1. The fraction of sp³-hybridized carbons (Fsp3) is 0.500. The minimum absolute atomic E-state index is 0.185. The maximum atomic E-state index is 12.2. The lowest BCUT2D eigenvalue weighted by Gasteiger charge is -2.51. The maximum absolute atomic E-state index is 12.2. The van der Waals surface area contributed by atoms with Gasteiger partial charge in [-0.1, -0.05) is 37.3 Å². The van der Waals surface area contributed by atoms with Gasteiger partial charge in [0.1, 0.15) is 13.1 Å². The van der Waals surface area contributed by atoms with Crippen LogP contribution in [0, 0.1) is 0 Å². The van der Waals surface area contributed by atoms with Gasteiger partial charge in [0, 0.05) is 18.5 Å². The van der Waals surface area contributed by atoms with Crippen molar-refractivity contribution in [2.24, 2.45) is 0 Å². The van der Waals surface area contributed by atoms with Crippen LogP contribution in [0.1, 0.15) is 18.9 Å². The third-order valence-corrected chi connectivity index (χ3v) is 4.86. The Balaban J connectivity index is 2.54. The molecule has 1 fully saturated rings. The number of aliphatic carboxylic acids is 1. The van der Waals surface area contributed by atoms with E-state index in [4.69, 9.17) is 0 Å². The number of nitrogens with zero attached hydrogens (tertiary/aromatic N) is 2. The average Bonchev–Trinajstić information content (AvgIpc) is 2.49. The van der Waals surface area contributed by atoms with Gasteiger partial charge in [0.2, 0.25) is 5.54 Å².